The second kappa shape index (κ2) is 8.87. The summed E-state index contributed by atoms with van der Waals surface area (Å²) in [6.45, 7) is 0.475. The Morgan fingerprint density at radius 2 is 1.94 bits per heavy atom. The maximum absolute atomic E-state index is 13.6. The third kappa shape index (κ3) is 4.75. The fourth-order valence-corrected chi connectivity index (χ4v) is 4.35. The van der Waals surface area contributed by atoms with Gasteiger partial charge in [-0.25, -0.2) is 19.2 Å². The van der Waals surface area contributed by atoms with Crippen molar-refractivity contribution in [3.63, 3.8) is 0 Å². The summed E-state index contributed by atoms with van der Waals surface area (Å²) in [7, 11) is 0. The van der Waals surface area contributed by atoms with Gasteiger partial charge in [0.2, 0.25) is 0 Å². The Hall–Kier alpha value is -2.99. The summed E-state index contributed by atoms with van der Waals surface area (Å²) in [6, 6.07) is 4.72. The first-order valence-corrected chi connectivity index (χ1v) is 10.6. The van der Waals surface area contributed by atoms with E-state index in [1.165, 1.54) is 34.2 Å². The van der Waals surface area contributed by atoms with Crippen LogP contribution in [-0.4, -0.2) is 58.8 Å². The van der Waals surface area contributed by atoms with Crippen molar-refractivity contribution in [2.24, 2.45) is 0 Å². The van der Waals surface area contributed by atoms with Gasteiger partial charge in [-0.1, -0.05) is 11.3 Å². The van der Waals surface area contributed by atoms with Crippen molar-refractivity contribution in [1.29, 1.82) is 0 Å². The number of amides is 2. The monoisotopic (exact) mass is 469 g/mol. The molecule has 0 atom stereocenters. The van der Waals surface area contributed by atoms with Crippen LogP contribution in [0.25, 0.3) is 10.2 Å². The lowest BCUT2D eigenvalue weighted by molar-refractivity contribution is -0.137. The zero-order chi connectivity index (χ0) is 22.9. The number of rotatable bonds is 4. The van der Waals surface area contributed by atoms with Crippen LogP contribution in [0.4, 0.5) is 33.3 Å². The van der Waals surface area contributed by atoms with Crippen molar-refractivity contribution in [2.45, 2.75) is 12.6 Å². The Balaban J connectivity index is 1.42. The van der Waals surface area contributed by atoms with Crippen LogP contribution in [0, 0.1) is 5.82 Å². The standard InChI is InChI=1S/C20H19F4N5O2S/c21-13-1-2-15-16(10-13)32-18(26-15)27-19(31)29-6-4-28(5-7-29)17-14(20(22,23)24)9-12(3-8-30)11-25-17/h1-2,9-11,30H,3-8H2,(H,26,27,31). The van der Waals surface area contributed by atoms with Crippen molar-refractivity contribution in [3.05, 3.63) is 47.4 Å². The molecule has 32 heavy (non-hydrogen) atoms. The smallest absolute Gasteiger partial charge is 0.396 e. The number of alkyl halides is 3. The van der Waals surface area contributed by atoms with Gasteiger partial charge >= 0.3 is 12.2 Å². The number of hydrogen-bond donors (Lipinski definition) is 2. The molecule has 4 rings (SSSR count). The van der Waals surface area contributed by atoms with Gasteiger partial charge in [-0.05, 0) is 36.2 Å². The van der Waals surface area contributed by atoms with E-state index < -0.39 is 23.6 Å². The van der Waals surface area contributed by atoms with Gasteiger partial charge in [0.05, 0.1) is 15.8 Å². The van der Waals surface area contributed by atoms with Crippen LogP contribution in [0.2, 0.25) is 0 Å². The number of fused-ring (bicyclic) bond motifs is 1. The number of aromatic nitrogens is 2. The first-order chi connectivity index (χ1) is 15.2. The third-order valence-corrected chi connectivity index (χ3v) is 5.99. The number of nitrogens with one attached hydrogen (secondary N) is 1. The first-order valence-electron chi connectivity index (χ1n) is 9.78. The maximum Gasteiger partial charge on any atom is 0.419 e. The number of carbonyl (C=O) groups is 1. The van der Waals surface area contributed by atoms with Gasteiger partial charge in [0.1, 0.15) is 11.6 Å². The molecule has 1 aromatic carbocycles. The molecule has 0 unspecified atom stereocenters. The van der Waals surface area contributed by atoms with Gasteiger partial charge in [-0.15, -0.1) is 0 Å². The van der Waals surface area contributed by atoms with E-state index in [-0.39, 0.29) is 45.0 Å². The van der Waals surface area contributed by atoms with E-state index >= 15 is 0 Å². The van der Waals surface area contributed by atoms with Crippen molar-refractivity contribution in [2.75, 3.05) is 43.0 Å². The van der Waals surface area contributed by atoms with Crippen molar-refractivity contribution < 1.29 is 27.5 Å². The minimum atomic E-state index is -4.59. The Morgan fingerprint density at radius 1 is 1.19 bits per heavy atom. The Kier molecular flexibility index (Phi) is 6.15. The molecule has 0 aliphatic carbocycles. The van der Waals surface area contributed by atoms with Gasteiger partial charge in [0.15, 0.2) is 5.13 Å². The van der Waals surface area contributed by atoms with Crippen LogP contribution in [0.1, 0.15) is 11.1 Å². The molecule has 3 heterocycles. The molecule has 1 aliphatic heterocycles. The van der Waals surface area contributed by atoms with E-state index in [0.29, 0.717) is 20.9 Å². The third-order valence-electron chi connectivity index (χ3n) is 5.06. The summed E-state index contributed by atoms with van der Waals surface area (Å²) in [5.74, 6) is -0.584. The molecule has 0 bridgehead atoms. The lowest BCUT2D eigenvalue weighted by Crippen LogP contribution is -2.50. The predicted molar refractivity (Wildman–Crippen MR) is 112 cm³/mol. The number of thiazole rings is 1. The molecule has 1 fully saturated rings. The quantitative estimate of drug-likeness (QED) is 0.569. The second-order valence-corrected chi connectivity index (χ2v) is 8.25. The Labute approximate surface area is 184 Å². The van der Waals surface area contributed by atoms with Crippen LogP contribution in [0.5, 0.6) is 0 Å². The van der Waals surface area contributed by atoms with Crippen LogP contribution in [0.15, 0.2) is 30.5 Å². The topological polar surface area (TPSA) is 81.6 Å². The lowest BCUT2D eigenvalue weighted by Gasteiger charge is -2.36. The summed E-state index contributed by atoms with van der Waals surface area (Å²) < 4.78 is 54.6. The molecule has 2 N–H and O–H groups in total. The summed E-state index contributed by atoms with van der Waals surface area (Å²) in [5.41, 5.74) is 0.00674. The number of nitrogens with zero attached hydrogens (tertiary/aromatic N) is 4. The van der Waals surface area contributed by atoms with Crippen LogP contribution >= 0.6 is 11.3 Å². The average Bonchev–Trinajstić information content (AvgIpc) is 3.14. The highest BCUT2D eigenvalue weighted by atomic mass is 32.1. The Morgan fingerprint density at radius 3 is 2.62 bits per heavy atom. The molecule has 1 saturated heterocycles. The van der Waals surface area contributed by atoms with Crippen LogP contribution in [0.3, 0.4) is 0 Å². The fraction of sp³-hybridized carbons (Fsp3) is 0.350. The summed E-state index contributed by atoms with van der Waals surface area (Å²) in [5, 5.41) is 12.0. The van der Waals surface area contributed by atoms with E-state index in [9.17, 15) is 22.4 Å². The van der Waals surface area contributed by atoms with E-state index in [1.54, 1.807) is 0 Å². The number of aliphatic hydroxyl groups is 1. The van der Waals surface area contributed by atoms with E-state index in [4.69, 9.17) is 5.11 Å². The molecular weight excluding hydrogens is 450 g/mol. The second-order valence-electron chi connectivity index (χ2n) is 7.22. The van der Waals surface area contributed by atoms with Crippen LogP contribution < -0.4 is 10.2 Å². The highest BCUT2D eigenvalue weighted by molar-refractivity contribution is 7.22. The normalized spacial score (nSPS) is 14.8. The van der Waals surface area contributed by atoms with Crippen molar-refractivity contribution >= 4 is 38.5 Å². The molecule has 0 spiro atoms. The number of anilines is 2. The van der Waals surface area contributed by atoms with E-state index in [2.05, 4.69) is 15.3 Å². The number of urea groups is 1. The van der Waals surface area contributed by atoms with Gasteiger partial charge in [-0.2, -0.15) is 13.2 Å². The summed E-state index contributed by atoms with van der Waals surface area (Å²) >= 11 is 1.14. The molecule has 2 amide bonds. The highest BCUT2D eigenvalue weighted by Gasteiger charge is 2.37. The van der Waals surface area contributed by atoms with Gasteiger partial charge in [-0.3, -0.25) is 5.32 Å². The fourth-order valence-electron chi connectivity index (χ4n) is 3.47. The SMILES string of the molecule is O=C(Nc1nc2ccc(F)cc2s1)N1CCN(c2ncc(CCO)cc2C(F)(F)F)CC1. The minimum absolute atomic E-state index is 0.0860. The predicted octanol–water partition coefficient (Wildman–Crippen LogP) is 3.74. The molecule has 7 nitrogen and oxygen atoms in total. The number of aliphatic hydroxyl groups excluding tert-OH is 1. The zero-order valence-corrected chi connectivity index (χ0v) is 17.5. The number of hydrogen-bond acceptors (Lipinski definition) is 6. The highest BCUT2D eigenvalue weighted by Crippen LogP contribution is 2.36. The zero-order valence-electron chi connectivity index (χ0n) is 16.7. The number of benzene rings is 1. The minimum Gasteiger partial charge on any atom is -0.396 e. The van der Waals surface area contributed by atoms with Crippen LogP contribution in [-0.2, 0) is 12.6 Å². The molecule has 2 aromatic heterocycles. The van der Waals surface area contributed by atoms with Crippen molar-refractivity contribution in [1.82, 2.24) is 14.9 Å². The van der Waals surface area contributed by atoms with Gasteiger partial charge in [0, 0.05) is 39.0 Å². The molecule has 170 valence electrons. The summed E-state index contributed by atoms with van der Waals surface area (Å²) in [6.07, 6.45) is -3.17. The molecule has 0 radical (unpaired) electrons. The average molecular weight is 469 g/mol. The van der Waals surface area contributed by atoms with Gasteiger partial charge < -0.3 is 14.9 Å². The first kappa shape index (κ1) is 22.2. The van der Waals surface area contributed by atoms with E-state index in [0.717, 1.165) is 17.4 Å². The lowest BCUT2D eigenvalue weighted by atomic mass is 10.1. The number of pyridine rings is 1. The number of halogens is 4. The molecule has 3 aromatic rings. The number of piperazine rings is 1. The van der Waals surface area contributed by atoms with Gasteiger partial charge in [0.25, 0.3) is 0 Å². The van der Waals surface area contributed by atoms with Crippen molar-refractivity contribution in [3.8, 4) is 0 Å². The molecule has 0 saturated carbocycles. The maximum atomic E-state index is 13.6. The Bertz CT molecular complexity index is 1130. The van der Waals surface area contributed by atoms with E-state index in [1.807, 2.05) is 0 Å². The molecule has 12 heteroatoms. The largest absolute Gasteiger partial charge is 0.419 e. The molecule has 1 aliphatic rings. The molecular formula is C20H19F4N5O2S. The number of carbonyl (C=O) groups excluding carboxylic acids is 1. The summed E-state index contributed by atoms with van der Waals surface area (Å²) in [4.78, 5) is 23.8.